The van der Waals surface area contributed by atoms with E-state index < -0.39 is 0 Å². The number of imidazole rings is 1. The zero-order chi connectivity index (χ0) is 19.5. The van der Waals surface area contributed by atoms with Crippen LogP contribution < -0.4 is 10.1 Å². The Morgan fingerprint density at radius 1 is 1.36 bits per heavy atom. The number of amides is 2. The van der Waals surface area contributed by atoms with Crippen LogP contribution in [0, 0.1) is 0 Å². The van der Waals surface area contributed by atoms with Gasteiger partial charge >= 0.3 is 0 Å². The lowest BCUT2D eigenvalue weighted by Crippen LogP contribution is -2.33. The first kappa shape index (κ1) is 18.5. The molecule has 2 aromatic rings. The molecule has 2 aliphatic rings. The number of hydrogen-bond donors (Lipinski definition) is 1. The van der Waals surface area contributed by atoms with Crippen molar-refractivity contribution in [3.8, 4) is 5.88 Å². The Bertz CT molecular complexity index is 859. The maximum atomic E-state index is 12.9. The van der Waals surface area contributed by atoms with Gasteiger partial charge in [-0.25, -0.2) is 9.97 Å². The second-order valence-electron chi connectivity index (χ2n) is 7.35. The maximum Gasteiger partial charge on any atom is 0.256 e. The summed E-state index contributed by atoms with van der Waals surface area (Å²) in [4.78, 5) is 35.5. The van der Waals surface area contributed by atoms with Crippen molar-refractivity contribution in [3.05, 3.63) is 41.6 Å². The molecule has 1 aliphatic heterocycles. The van der Waals surface area contributed by atoms with E-state index in [-0.39, 0.29) is 18.4 Å². The van der Waals surface area contributed by atoms with Crippen molar-refractivity contribution >= 4 is 11.8 Å². The molecule has 1 N–H and O–H groups in total. The highest BCUT2D eigenvalue weighted by Gasteiger charge is 2.35. The first-order valence-electron chi connectivity index (χ1n) is 9.76. The van der Waals surface area contributed by atoms with Crippen LogP contribution in [0.25, 0.3) is 0 Å². The van der Waals surface area contributed by atoms with Gasteiger partial charge in [0.1, 0.15) is 0 Å². The highest BCUT2D eigenvalue weighted by molar-refractivity contribution is 5.98. The predicted molar refractivity (Wildman–Crippen MR) is 102 cm³/mol. The van der Waals surface area contributed by atoms with Gasteiger partial charge in [-0.15, -0.1) is 0 Å². The third kappa shape index (κ3) is 3.72. The summed E-state index contributed by atoms with van der Waals surface area (Å²) in [7, 11) is 1.56. The third-order valence-corrected chi connectivity index (χ3v) is 5.54. The summed E-state index contributed by atoms with van der Waals surface area (Å²) >= 11 is 0. The molecule has 8 nitrogen and oxygen atoms in total. The monoisotopic (exact) mass is 383 g/mol. The number of aryl methyl sites for hydroxylation is 1. The number of methoxy groups -OCH3 is 1. The molecule has 8 heteroatoms. The average Bonchev–Trinajstić information content (AvgIpc) is 3.46. The van der Waals surface area contributed by atoms with Gasteiger partial charge in [0, 0.05) is 43.5 Å². The van der Waals surface area contributed by atoms with E-state index in [2.05, 4.69) is 15.3 Å². The Balaban J connectivity index is 1.42. The molecule has 1 saturated carbocycles. The van der Waals surface area contributed by atoms with E-state index in [0.29, 0.717) is 37.0 Å². The predicted octanol–water partition coefficient (Wildman–Crippen LogP) is 1.89. The van der Waals surface area contributed by atoms with Crippen LogP contribution in [0.2, 0.25) is 0 Å². The van der Waals surface area contributed by atoms with Crippen molar-refractivity contribution in [1.82, 2.24) is 24.8 Å². The minimum Gasteiger partial charge on any atom is -0.481 e. The van der Waals surface area contributed by atoms with Gasteiger partial charge in [-0.1, -0.05) is 12.8 Å². The highest BCUT2D eigenvalue weighted by Crippen LogP contribution is 2.33. The van der Waals surface area contributed by atoms with Gasteiger partial charge in [0.2, 0.25) is 11.8 Å². The van der Waals surface area contributed by atoms with Gasteiger partial charge in [0.05, 0.1) is 31.2 Å². The van der Waals surface area contributed by atoms with E-state index in [9.17, 15) is 9.59 Å². The molecule has 3 heterocycles. The number of carbonyl (C=O) groups excluding carboxylic acids is 2. The molecule has 0 radical (unpaired) electrons. The van der Waals surface area contributed by atoms with E-state index in [4.69, 9.17) is 4.74 Å². The van der Waals surface area contributed by atoms with E-state index >= 15 is 0 Å². The number of aromatic nitrogens is 3. The molecule has 0 bridgehead atoms. The lowest BCUT2D eigenvalue weighted by atomic mass is 10.1. The average molecular weight is 383 g/mol. The van der Waals surface area contributed by atoms with Gasteiger partial charge in [0.15, 0.2) is 0 Å². The van der Waals surface area contributed by atoms with Crippen LogP contribution in [0.15, 0.2) is 24.8 Å². The molecule has 2 aromatic heterocycles. The molecule has 0 spiro atoms. The minimum absolute atomic E-state index is 0.0461. The zero-order valence-corrected chi connectivity index (χ0v) is 16.1. The normalized spacial score (nSPS) is 16.5. The molecule has 1 fully saturated rings. The fourth-order valence-corrected chi connectivity index (χ4v) is 4.01. The standard InChI is InChI=1S/C20H25N5O3/c1-28-19-14(11-22-18(26)6-8-24-9-7-21-13-24)10-16-17(23-19)12-25(20(16)27)15-4-2-3-5-15/h7,9-10,13,15H,2-6,8,11-12H2,1H3,(H,22,26). The smallest absolute Gasteiger partial charge is 0.256 e. The van der Waals surface area contributed by atoms with Gasteiger partial charge in [-0.05, 0) is 18.9 Å². The SMILES string of the molecule is COc1nc2c(cc1CNC(=O)CCn1ccnc1)C(=O)N(C1CCCC1)C2. The van der Waals surface area contributed by atoms with Gasteiger partial charge in [0.25, 0.3) is 5.91 Å². The van der Waals surface area contributed by atoms with Crippen molar-refractivity contribution in [2.24, 2.45) is 0 Å². The van der Waals surface area contributed by atoms with Crippen LogP contribution in [0.5, 0.6) is 5.88 Å². The summed E-state index contributed by atoms with van der Waals surface area (Å²) in [5, 5.41) is 2.89. The number of nitrogens with zero attached hydrogens (tertiary/aromatic N) is 4. The summed E-state index contributed by atoms with van der Waals surface area (Å²) < 4.78 is 7.27. The second kappa shape index (κ2) is 8.00. The number of pyridine rings is 1. The number of fused-ring (bicyclic) bond motifs is 1. The van der Waals surface area contributed by atoms with Crippen molar-refractivity contribution in [3.63, 3.8) is 0 Å². The van der Waals surface area contributed by atoms with Gasteiger partial charge in [-0.3, -0.25) is 9.59 Å². The fraction of sp³-hybridized carbons (Fsp3) is 0.500. The summed E-state index contributed by atoms with van der Waals surface area (Å²) in [6, 6.07) is 2.15. The Morgan fingerprint density at radius 2 is 2.18 bits per heavy atom. The summed E-state index contributed by atoms with van der Waals surface area (Å²) in [5.74, 6) is 0.439. The molecule has 2 amide bonds. The molecule has 4 rings (SSSR count). The Kier molecular flexibility index (Phi) is 5.27. The maximum absolute atomic E-state index is 12.9. The van der Waals surface area contributed by atoms with E-state index in [1.54, 1.807) is 19.6 Å². The minimum atomic E-state index is -0.0739. The summed E-state index contributed by atoms with van der Waals surface area (Å²) in [5.41, 5.74) is 2.12. The van der Waals surface area contributed by atoms with Gasteiger partial charge in [-0.2, -0.15) is 0 Å². The van der Waals surface area contributed by atoms with E-state index in [1.807, 2.05) is 21.7 Å². The molecule has 1 aliphatic carbocycles. The van der Waals surface area contributed by atoms with Crippen LogP contribution in [-0.2, 0) is 24.4 Å². The fourth-order valence-electron chi connectivity index (χ4n) is 4.01. The van der Waals surface area contributed by atoms with Crippen molar-refractivity contribution in [2.75, 3.05) is 7.11 Å². The largest absolute Gasteiger partial charge is 0.481 e. The second-order valence-corrected chi connectivity index (χ2v) is 7.35. The quantitative estimate of drug-likeness (QED) is 0.789. The molecule has 0 saturated heterocycles. The highest BCUT2D eigenvalue weighted by atomic mass is 16.5. The van der Waals surface area contributed by atoms with Crippen molar-refractivity contribution in [1.29, 1.82) is 0 Å². The molecule has 148 valence electrons. The first-order valence-corrected chi connectivity index (χ1v) is 9.76. The Labute approximate surface area is 163 Å². The number of carbonyl (C=O) groups is 2. The lowest BCUT2D eigenvalue weighted by molar-refractivity contribution is -0.121. The van der Waals surface area contributed by atoms with Crippen LogP contribution in [0.4, 0.5) is 0 Å². The van der Waals surface area contributed by atoms with E-state index in [0.717, 1.165) is 24.1 Å². The van der Waals surface area contributed by atoms with Crippen LogP contribution in [-0.4, -0.2) is 44.4 Å². The number of rotatable bonds is 7. The Hall–Kier alpha value is -2.90. The topological polar surface area (TPSA) is 89.3 Å². The third-order valence-electron chi connectivity index (χ3n) is 5.54. The number of nitrogens with one attached hydrogen (secondary N) is 1. The molecular formula is C20H25N5O3. The molecule has 28 heavy (non-hydrogen) atoms. The zero-order valence-electron chi connectivity index (χ0n) is 16.1. The van der Waals surface area contributed by atoms with Gasteiger partial charge < -0.3 is 19.5 Å². The summed E-state index contributed by atoms with van der Waals surface area (Å²) in [6.45, 7) is 1.40. The van der Waals surface area contributed by atoms with Crippen LogP contribution in [0.1, 0.15) is 53.7 Å². The number of hydrogen-bond acceptors (Lipinski definition) is 5. The molecular weight excluding hydrogens is 358 g/mol. The summed E-state index contributed by atoms with van der Waals surface area (Å²) in [6.07, 6.45) is 10.0. The first-order chi connectivity index (χ1) is 13.7. The molecule has 0 unspecified atom stereocenters. The number of ether oxygens (including phenoxy) is 1. The van der Waals surface area contributed by atoms with Crippen LogP contribution in [0.3, 0.4) is 0 Å². The Morgan fingerprint density at radius 3 is 2.89 bits per heavy atom. The molecule has 0 aromatic carbocycles. The lowest BCUT2D eigenvalue weighted by Gasteiger charge is -2.22. The van der Waals surface area contributed by atoms with Crippen LogP contribution >= 0.6 is 0 Å². The molecule has 0 atom stereocenters. The van der Waals surface area contributed by atoms with Crippen molar-refractivity contribution in [2.45, 2.75) is 57.8 Å². The van der Waals surface area contributed by atoms with E-state index in [1.165, 1.54) is 12.8 Å². The van der Waals surface area contributed by atoms with Crippen molar-refractivity contribution < 1.29 is 14.3 Å².